The van der Waals surface area contributed by atoms with Crippen LogP contribution in [0.2, 0.25) is 0 Å². The third kappa shape index (κ3) is 3.16. The predicted octanol–water partition coefficient (Wildman–Crippen LogP) is 1.46. The van der Waals surface area contributed by atoms with Crippen LogP contribution in [-0.4, -0.2) is 34.4 Å². The molecular formula is C18H18N4O3. The third-order valence-corrected chi connectivity index (χ3v) is 3.79. The van der Waals surface area contributed by atoms with Crippen LogP contribution in [0, 0.1) is 0 Å². The van der Waals surface area contributed by atoms with Crippen molar-refractivity contribution in [3.8, 4) is 22.8 Å². The lowest BCUT2D eigenvalue weighted by molar-refractivity contribution is -0.121. The monoisotopic (exact) mass is 338 g/mol. The number of hydrogen-bond acceptors (Lipinski definition) is 4. The number of ether oxygens (including phenoxy) is 1. The molecule has 3 rings (SSSR count). The van der Waals surface area contributed by atoms with E-state index in [2.05, 4.69) is 10.4 Å². The maximum atomic E-state index is 12.9. The van der Waals surface area contributed by atoms with Gasteiger partial charge in [-0.25, -0.2) is 4.79 Å². The van der Waals surface area contributed by atoms with Gasteiger partial charge in [-0.3, -0.25) is 9.36 Å². The Labute approximate surface area is 144 Å². The normalized spacial score (nSPS) is 10.5. The van der Waals surface area contributed by atoms with Gasteiger partial charge in [0.2, 0.25) is 5.91 Å². The lowest BCUT2D eigenvalue weighted by Gasteiger charge is -2.06. The van der Waals surface area contributed by atoms with Crippen molar-refractivity contribution in [2.75, 3.05) is 14.2 Å². The van der Waals surface area contributed by atoms with Crippen molar-refractivity contribution >= 4 is 5.91 Å². The Balaban J connectivity index is 2.22. The molecule has 0 aliphatic rings. The summed E-state index contributed by atoms with van der Waals surface area (Å²) in [7, 11) is 3.06. The zero-order chi connectivity index (χ0) is 17.8. The fourth-order valence-electron chi connectivity index (χ4n) is 2.52. The summed E-state index contributed by atoms with van der Waals surface area (Å²) in [5.41, 5.74) is 0.854. The molecule has 1 amide bonds. The van der Waals surface area contributed by atoms with E-state index in [1.165, 1.54) is 23.4 Å². The highest BCUT2D eigenvalue weighted by atomic mass is 16.5. The smallest absolute Gasteiger partial charge is 0.351 e. The fraction of sp³-hybridized carbons (Fsp3) is 0.167. The largest absolute Gasteiger partial charge is 0.494 e. The van der Waals surface area contributed by atoms with Crippen molar-refractivity contribution in [3.63, 3.8) is 0 Å². The molecule has 25 heavy (non-hydrogen) atoms. The summed E-state index contributed by atoms with van der Waals surface area (Å²) in [5.74, 6) is 0.660. The summed E-state index contributed by atoms with van der Waals surface area (Å²) in [5, 5.41) is 6.98. The topological polar surface area (TPSA) is 78.2 Å². The molecule has 0 atom stereocenters. The van der Waals surface area contributed by atoms with E-state index in [1.807, 2.05) is 36.4 Å². The van der Waals surface area contributed by atoms with Crippen molar-refractivity contribution in [2.24, 2.45) is 0 Å². The number of amides is 1. The van der Waals surface area contributed by atoms with Crippen LogP contribution in [0.3, 0.4) is 0 Å². The van der Waals surface area contributed by atoms with Crippen molar-refractivity contribution in [1.82, 2.24) is 19.7 Å². The molecule has 0 saturated heterocycles. The van der Waals surface area contributed by atoms with Crippen LogP contribution in [0.5, 0.6) is 5.75 Å². The maximum absolute atomic E-state index is 12.9. The first-order chi connectivity index (χ1) is 12.2. The molecule has 0 saturated carbocycles. The molecule has 0 spiro atoms. The number of nitrogens with one attached hydrogen (secondary N) is 1. The second-order valence-electron chi connectivity index (χ2n) is 5.32. The molecule has 0 aliphatic carbocycles. The van der Waals surface area contributed by atoms with Gasteiger partial charge in [0, 0.05) is 12.6 Å². The van der Waals surface area contributed by atoms with Crippen LogP contribution in [-0.2, 0) is 11.3 Å². The third-order valence-electron chi connectivity index (χ3n) is 3.79. The number of benzene rings is 2. The van der Waals surface area contributed by atoms with Crippen LogP contribution < -0.4 is 15.7 Å². The molecule has 7 heteroatoms. The van der Waals surface area contributed by atoms with Gasteiger partial charge in [0.05, 0.1) is 7.11 Å². The van der Waals surface area contributed by atoms with Crippen molar-refractivity contribution < 1.29 is 9.53 Å². The van der Waals surface area contributed by atoms with Gasteiger partial charge in [-0.1, -0.05) is 42.5 Å². The summed E-state index contributed by atoms with van der Waals surface area (Å²) in [6, 6.07) is 16.4. The van der Waals surface area contributed by atoms with Crippen LogP contribution in [0.4, 0.5) is 0 Å². The lowest BCUT2D eigenvalue weighted by atomic mass is 10.2. The molecule has 7 nitrogen and oxygen atoms in total. The van der Waals surface area contributed by atoms with Crippen LogP contribution >= 0.6 is 0 Å². The number of hydrogen-bond donors (Lipinski definition) is 1. The molecule has 1 aromatic heterocycles. The van der Waals surface area contributed by atoms with E-state index < -0.39 is 5.69 Å². The molecule has 0 unspecified atom stereocenters. The van der Waals surface area contributed by atoms with E-state index in [-0.39, 0.29) is 12.5 Å². The molecule has 0 aliphatic heterocycles. The first-order valence-corrected chi connectivity index (χ1v) is 7.75. The molecule has 2 aromatic carbocycles. The number of carbonyl (C=O) groups excluding carboxylic acids is 1. The number of methoxy groups -OCH3 is 1. The summed E-state index contributed by atoms with van der Waals surface area (Å²) < 4.78 is 7.93. The fourth-order valence-corrected chi connectivity index (χ4v) is 2.52. The van der Waals surface area contributed by atoms with E-state index in [0.29, 0.717) is 17.3 Å². The van der Waals surface area contributed by atoms with Gasteiger partial charge in [0.1, 0.15) is 18.0 Å². The van der Waals surface area contributed by atoms with Crippen molar-refractivity contribution in [2.45, 2.75) is 6.54 Å². The van der Waals surface area contributed by atoms with Gasteiger partial charge >= 0.3 is 5.69 Å². The number of carbonyl (C=O) groups is 1. The zero-order valence-electron chi connectivity index (χ0n) is 14.0. The Morgan fingerprint density at radius 3 is 2.48 bits per heavy atom. The van der Waals surface area contributed by atoms with Gasteiger partial charge in [-0.15, -0.1) is 5.10 Å². The average Bonchev–Trinajstić information content (AvgIpc) is 2.98. The lowest BCUT2D eigenvalue weighted by Crippen LogP contribution is -2.31. The molecule has 1 N–H and O–H groups in total. The molecule has 1 heterocycles. The number of para-hydroxylation sites is 2. The maximum Gasteiger partial charge on any atom is 0.351 e. The van der Waals surface area contributed by atoms with E-state index in [1.54, 1.807) is 18.2 Å². The Morgan fingerprint density at radius 1 is 1.12 bits per heavy atom. The highest BCUT2D eigenvalue weighted by Crippen LogP contribution is 2.22. The molecule has 0 radical (unpaired) electrons. The Hall–Kier alpha value is -3.35. The van der Waals surface area contributed by atoms with Crippen LogP contribution in [0.25, 0.3) is 17.1 Å². The van der Waals surface area contributed by atoms with E-state index >= 15 is 0 Å². The molecule has 0 fully saturated rings. The summed E-state index contributed by atoms with van der Waals surface area (Å²) in [6.07, 6.45) is 0. The quantitative estimate of drug-likeness (QED) is 0.764. The minimum Gasteiger partial charge on any atom is -0.494 e. The number of nitrogens with zero attached hydrogens (tertiary/aromatic N) is 3. The Kier molecular flexibility index (Phi) is 4.65. The Bertz CT molecular complexity index is 944. The van der Waals surface area contributed by atoms with Crippen molar-refractivity contribution in [3.05, 3.63) is 65.1 Å². The van der Waals surface area contributed by atoms with Crippen molar-refractivity contribution in [1.29, 1.82) is 0 Å². The molecule has 3 aromatic rings. The highest BCUT2D eigenvalue weighted by Gasteiger charge is 2.19. The highest BCUT2D eigenvalue weighted by molar-refractivity contribution is 5.76. The Morgan fingerprint density at radius 2 is 1.80 bits per heavy atom. The molecule has 0 bridgehead atoms. The van der Waals surface area contributed by atoms with E-state index in [0.717, 1.165) is 5.56 Å². The zero-order valence-corrected chi connectivity index (χ0v) is 14.0. The van der Waals surface area contributed by atoms with Gasteiger partial charge in [0.25, 0.3) is 0 Å². The van der Waals surface area contributed by atoms with Crippen LogP contribution in [0.1, 0.15) is 0 Å². The standard InChI is InChI=1S/C18H18N4O3/c1-19-16(23)12-21-17(13-8-4-3-5-9-13)20-22(18(21)24)14-10-6-7-11-15(14)25-2/h3-11H,12H2,1-2H3,(H,19,23). The van der Waals surface area contributed by atoms with Crippen LogP contribution in [0.15, 0.2) is 59.4 Å². The SMILES string of the molecule is CNC(=O)Cn1c(-c2ccccc2)nn(-c2ccccc2OC)c1=O. The van der Waals surface area contributed by atoms with Gasteiger partial charge < -0.3 is 10.1 Å². The number of likely N-dealkylation sites (N-methyl/N-ethyl adjacent to an activating group) is 1. The van der Waals surface area contributed by atoms with E-state index in [9.17, 15) is 9.59 Å². The van der Waals surface area contributed by atoms with E-state index in [4.69, 9.17) is 4.74 Å². The van der Waals surface area contributed by atoms with Gasteiger partial charge in [-0.05, 0) is 12.1 Å². The molecule has 128 valence electrons. The van der Waals surface area contributed by atoms with Gasteiger partial charge in [-0.2, -0.15) is 4.68 Å². The first-order valence-electron chi connectivity index (χ1n) is 7.75. The van der Waals surface area contributed by atoms with Gasteiger partial charge in [0.15, 0.2) is 5.82 Å². The summed E-state index contributed by atoms with van der Waals surface area (Å²) in [4.78, 5) is 24.8. The second kappa shape index (κ2) is 7.04. The average molecular weight is 338 g/mol. The predicted molar refractivity (Wildman–Crippen MR) is 93.9 cm³/mol. The first kappa shape index (κ1) is 16.5. The number of aromatic nitrogens is 3. The molecular weight excluding hydrogens is 320 g/mol. The number of rotatable bonds is 5. The minimum absolute atomic E-state index is 0.116. The summed E-state index contributed by atoms with van der Waals surface area (Å²) >= 11 is 0. The second-order valence-corrected chi connectivity index (χ2v) is 5.32. The minimum atomic E-state index is -0.410. The summed E-state index contributed by atoms with van der Waals surface area (Å²) in [6.45, 7) is -0.116.